The standard InChI is InChI=1S/C15H22N4O3S/c1-4-5-6-9-16-14-8-7-13(10-17-14)19-23(20,21)15-11(2)18-22-12(15)3/h7-8,10,19H,4-6,9H2,1-3H3,(H,16,17). The van der Waals surface area contributed by atoms with Crippen LogP contribution in [0.2, 0.25) is 0 Å². The third-order valence-electron chi connectivity index (χ3n) is 3.34. The second-order valence-electron chi connectivity index (χ2n) is 5.32. The molecule has 0 spiro atoms. The minimum Gasteiger partial charge on any atom is -0.370 e. The van der Waals surface area contributed by atoms with Gasteiger partial charge in [0.2, 0.25) is 0 Å². The van der Waals surface area contributed by atoms with E-state index in [0.717, 1.165) is 25.2 Å². The monoisotopic (exact) mass is 338 g/mol. The lowest BCUT2D eigenvalue weighted by Gasteiger charge is -2.09. The summed E-state index contributed by atoms with van der Waals surface area (Å²) < 4.78 is 32.2. The van der Waals surface area contributed by atoms with Gasteiger partial charge in [-0.3, -0.25) is 4.72 Å². The van der Waals surface area contributed by atoms with E-state index >= 15 is 0 Å². The van der Waals surface area contributed by atoms with Gasteiger partial charge in [-0.25, -0.2) is 13.4 Å². The highest BCUT2D eigenvalue weighted by Crippen LogP contribution is 2.22. The van der Waals surface area contributed by atoms with E-state index < -0.39 is 10.0 Å². The van der Waals surface area contributed by atoms with Crippen molar-refractivity contribution in [2.24, 2.45) is 0 Å². The van der Waals surface area contributed by atoms with Crippen molar-refractivity contribution in [3.63, 3.8) is 0 Å². The zero-order chi connectivity index (χ0) is 16.9. The van der Waals surface area contributed by atoms with Gasteiger partial charge in [0.25, 0.3) is 10.0 Å². The Labute approximate surface area is 136 Å². The molecule has 0 radical (unpaired) electrons. The van der Waals surface area contributed by atoms with Gasteiger partial charge in [-0.05, 0) is 32.4 Å². The highest BCUT2D eigenvalue weighted by molar-refractivity contribution is 7.92. The van der Waals surface area contributed by atoms with E-state index in [-0.39, 0.29) is 10.7 Å². The molecule has 0 aromatic carbocycles. The summed E-state index contributed by atoms with van der Waals surface area (Å²) in [6.07, 6.45) is 4.90. The summed E-state index contributed by atoms with van der Waals surface area (Å²) in [5.41, 5.74) is 0.723. The van der Waals surface area contributed by atoms with Crippen LogP contribution < -0.4 is 10.0 Å². The van der Waals surface area contributed by atoms with E-state index in [1.807, 2.05) is 0 Å². The van der Waals surface area contributed by atoms with Crippen molar-refractivity contribution in [2.75, 3.05) is 16.6 Å². The fourth-order valence-electron chi connectivity index (χ4n) is 2.21. The van der Waals surface area contributed by atoms with Crippen LogP contribution in [0.3, 0.4) is 0 Å². The molecule has 2 aromatic heterocycles. The van der Waals surface area contributed by atoms with Crippen molar-refractivity contribution >= 4 is 21.5 Å². The molecule has 2 aromatic rings. The van der Waals surface area contributed by atoms with E-state index in [1.165, 1.54) is 12.6 Å². The zero-order valence-corrected chi connectivity index (χ0v) is 14.4. The zero-order valence-electron chi connectivity index (χ0n) is 13.6. The Hall–Kier alpha value is -2.09. The smallest absolute Gasteiger partial charge is 0.267 e. The molecule has 0 aliphatic rings. The van der Waals surface area contributed by atoms with Crippen LogP contribution in [-0.4, -0.2) is 25.1 Å². The predicted octanol–water partition coefficient (Wildman–Crippen LogP) is 3.09. The van der Waals surface area contributed by atoms with E-state index in [1.54, 1.807) is 26.0 Å². The summed E-state index contributed by atoms with van der Waals surface area (Å²) >= 11 is 0. The average Bonchev–Trinajstić information content (AvgIpc) is 2.85. The van der Waals surface area contributed by atoms with Gasteiger partial charge < -0.3 is 9.84 Å². The number of unbranched alkanes of at least 4 members (excludes halogenated alkanes) is 2. The van der Waals surface area contributed by atoms with Crippen molar-refractivity contribution in [2.45, 2.75) is 44.9 Å². The molecule has 7 nitrogen and oxygen atoms in total. The summed E-state index contributed by atoms with van der Waals surface area (Å²) in [4.78, 5) is 4.28. The third-order valence-corrected chi connectivity index (χ3v) is 4.96. The maximum Gasteiger partial charge on any atom is 0.267 e. The lowest BCUT2D eigenvalue weighted by molar-refractivity contribution is 0.390. The van der Waals surface area contributed by atoms with Gasteiger partial charge in [-0.1, -0.05) is 24.9 Å². The molecule has 23 heavy (non-hydrogen) atoms. The summed E-state index contributed by atoms with van der Waals surface area (Å²) in [5, 5.41) is 6.87. The molecule has 0 unspecified atom stereocenters. The summed E-state index contributed by atoms with van der Waals surface area (Å²) in [5.74, 6) is 0.985. The normalized spacial score (nSPS) is 11.4. The van der Waals surface area contributed by atoms with Crippen molar-refractivity contribution in [1.29, 1.82) is 0 Å². The Morgan fingerprint density at radius 1 is 1.22 bits per heavy atom. The molecule has 126 valence electrons. The first-order chi connectivity index (χ1) is 10.9. The minimum absolute atomic E-state index is 0.0688. The maximum absolute atomic E-state index is 12.4. The second-order valence-corrected chi connectivity index (χ2v) is 6.94. The quantitative estimate of drug-likeness (QED) is 0.718. The highest BCUT2D eigenvalue weighted by Gasteiger charge is 2.24. The van der Waals surface area contributed by atoms with Gasteiger partial charge >= 0.3 is 0 Å². The second kappa shape index (κ2) is 7.45. The first-order valence-electron chi connectivity index (χ1n) is 7.59. The molecule has 0 bridgehead atoms. The first kappa shape index (κ1) is 17.3. The summed E-state index contributed by atoms with van der Waals surface area (Å²) in [6.45, 7) is 6.16. The molecule has 2 heterocycles. The van der Waals surface area contributed by atoms with Crippen LogP contribution in [0, 0.1) is 13.8 Å². The molecule has 2 N–H and O–H groups in total. The number of aryl methyl sites for hydroxylation is 2. The molecule has 0 fully saturated rings. The molecule has 0 saturated carbocycles. The first-order valence-corrected chi connectivity index (χ1v) is 9.08. The Balaban J connectivity index is 2.03. The summed E-state index contributed by atoms with van der Waals surface area (Å²) in [7, 11) is -3.74. The SMILES string of the molecule is CCCCCNc1ccc(NS(=O)(=O)c2c(C)noc2C)cn1. The highest BCUT2D eigenvalue weighted by atomic mass is 32.2. The van der Waals surface area contributed by atoms with Crippen LogP contribution in [-0.2, 0) is 10.0 Å². The molecule has 2 rings (SSSR count). The van der Waals surface area contributed by atoms with Crippen LogP contribution in [0.5, 0.6) is 0 Å². The van der Waals surface area contributed by atoms with Crippen LogP contribution >= 0.6 is 0 Å². The van der Waals surface area contributed by atoms with E-state index in [0.29, 0.717) is 11.4 Å². The van der Waals surface area contributed by atoms with E-state index in [2.05, 4.69) is 27.1 Å². The van der Waals surface area contributed by atoms with Gasteiger partial charge in [0.1, 0.15) is 11.5 Å². The van der Waals surface area contributed by atoms with Crippen molar-refractivity contribution < 1.29 is 12.9 Å². The number of hydrogen-bond acceptors (Lipinski definition) is 6. The maximum atomic E-state index is 12.4. The van der Waals surface area contributed by atoms with Gasteiger partial charge in [0, 0.05) is 6.54 Å². The number of pyridine rings is 1. The Morgan fingerprint density at radius 3 is 2.57 bits per heavy atom. The molecular weight excluding hydrogens is 316 g/mol. The van der Waals surface area contributed by atoms with Crippen molar-refractivity contribution in [1.82, 2.24) is 10.1 Å². The van der Waals surface area contributed by atoms with Crippen LogP contribution in [0.25, 0.3) is 0 Å². The topological polar surface area (TPSA) is 97.1 Å². The van der Waals surface area contributed by atoms with Gasteiger partial charge in [0.15, 0.2) is 10.7 Å². The fraction of sp³-hybridized carbons (Fsp3) is 0.467. The Kier molecular flexibility index (Phi) is 5.59. The molecule has 0 aliphatic carbocycles. The number of sulfonamides is 1. The van der Waals surface area contributed by atoms with E-state index in [9.17, 15) is 8.42 Å². The largest absolute Gasteiger partial charge is 0.370 e. The molecular formula is C15H22N4O3S. The predicted molar refractivity (Wildman–Crippen MR) is 89.0 cm³/mol. The summed E-state index contributed by atoms with van der Waals surface area (Å²) in [6, 6.07) is 3.42. The molecule has 0 saturated heterocycles. The number of nitrogens with zero attached hydrogens (tertiary/aromatic N) is 2. The number of hydrogen-bond donors (Lipinski definition) is 2. The lowest BCUT2D eigenvalue weighted by atomic mass is 10.2. The van der Waals surface area contributed by atoms with Gasteiger partial charge in [0.05, 0.1) is 11.9 Å². The number of nitrogens with one attached hydrogen (secondary N) is 2. The lowest BCUT2D eigenvalue weighted by Crippen LogP contribution is -2.14. The number of rotatable bonds is 8. The van der Waals surface area contributed by atoms with Crippen LogP contribution in [0.1, 0.15) is 37.6 Å². The Morgan fingerprint density at radius 2 is 2.00 bits per heavy atom. The average molecular weight is 338 g/mol. The molecule has 8 heteroatoms. The molecule has 0 amide bonds. The Bertz CT molecular complexity index is 719. The van der Waals surface area contributed by atoms with Crippen LogP contribution in [0.4, 0.5) is 11.5 Å². The van der Waals surface area contributed by atoms with Crippen molar-refractivity contribution in [3.05, 3.63) is 29.8 Å². The minimum atomic E-state index is -3.74. The van der Waals surface area contributed by atoms with E-state index in [4.69, 9.17) is 4.52 Å². The van der Waals surface area contributed by atoms with Crippen molar-refractivity contribution in [3.8, 4) is 0 Å². The van der Waals surface area contributed by atoms with Crippen LogP contribution in [0.15, 0.2) is 27.7 Å². The molecule has 0 aliphatic heterocycles. The molecule has 0 atom stereocenters. The third kappa shape index (κ3) is 4.44. The fourth-order valence-corrected chi connectivity index (χ4v) is 3.59. The van der Waals surface area contributed by atoms with Gasteiger partial charge in [-0.2, -0.15) is 0 Å². The number of aromatic nitrogens is 2. The van der Waals surface area contributed by atoms with Gasteiger partial charge in [-0.15, -0.1) is 0 Å². The number of anilines is 2.